The fourth-order valence-corrected chi connectivity index (χ4v) is 1.42. The number of carbonyl (C=O) groups is 1. The Morgan fingerprint density at radius 3 is 2.19 bits per heavy atom. The van der Waals surface area contributed by atoms with Crippen molar-refractivity contribution in [3.05, 3.63) is 35.1 Å². The number of ether oxygens (including phenoxy) is 1. The SMILES string of the molecule is O=C(CCOCC(F)(F)F)c1ccc(C(F)(F)F)c(F)c1. The summed E-state index contributed by atoms with van der Waals surface area (Å²) in [6.07, 6.45) is -9.92. The monoisotopic (exact) mass is 318 g/mol. The average molecular weight is 318 g/mol. The summed E-state index contributed by atoms with van der Waals surface area (Å²) in [6, 6.07) is 1.56. The van der Waals surface area contributed by atoms with Gasteiger partial charge in [0.05, 0.1) is 12.2 Å². The highest BCUT2D eigenvalue weighted by Gasteiger charge is 2.34. The number of hydrogen-bond donors (Lipinski definition) is 0. The quantitative estimate of drug-likeness (QED) is 0.466. The van der Waals surface area contributed by atoms with Gasteiger partial charge in [-0.25, -0.2) is 4.39 Å². The summed E-state index contributed by atoms with van der Waals surface area (Å²) in [5.41, 5.74) is -1.89. The Morgan fingerprint density at radius 2 is 1.71 bits per heavy atom. The van der Waals surface area contributed by atoms with E-state index in [1.165, 1.54) is 0 Å². The third kappa shape index (κ3) is 5.70. The van der Waals surface area contributed by atoms with Gasteiger partial charge < -0.3 is 4.74 Å². The van der Waals surface area contributed by atoms with Gasteiger partial charge in [-0.3, -0.25) is 4.79 Å². The summed E-state index contributed by atoms with van der Waals surface area (Å²) in [5.74, 6) is -2.44. The Labute approximate surface area is 114 Å². The van der Waals surface area contributed by atoms with Crippen LogP contribution in [0.4, 0.5) is 30.7 Å². The lowest BCUT2D eigenvalue weighted by Crippen LogP contribution is -2.18. The van der Waals surface area contributed by atoms with Crippen LogP contribution < -0.4 is 0 Å². The predicted octanol–water partition coefficient (Wildman–Crippen LogP) is 4.00. The molecule has 0 aliphatic rings. The van der Waals surface area contributed by atoms with Gasteiger partial charge in [-0.2, -0.15) is 26.3 Å². The van der Waals surface area contributed by atoms with Crippen LogP contribution in [0.2, 0.25) is 0 Å². The van der Waals surface area contributed by atoms with E-state index in [9.17, 15) is 35.5 Å². The molecule has 0 bridgehead atoms. The normalized spacial score (nSPS) is 12.5. The number of Topliss-reactive ketones (excluding diaryl/α,β-unsaturated/α-hetero) is 1. The third-order valence-electron chi connectivity index (χ3n) is 2.34. The number of alkyl halides is 6. The first kappa shape index (κ1) is 17.4. The van der Waals surface area contributed by atoms with Gasteiger partial charge in [-0.15, -0.1) is 0 Å². The summed E-state index contributed by atoms with van der Waals surface area (Å²) >= 11 is 0. The molecule has 0 unspecified atom stereocenters. The average Bonchev–Trinajstić information content (AvgIpc) is 2.31. The zero-order chi connectivity index (χ0) is 16.3. The Morgan fingerprint density at radius 1 is 1.10 bits per heavy atom. The highest BCUT2D eigenvalue weighted by Crippen LogP contribution is 2.31. The van der Waals surface area contributed by atoms with Gasteiger partial charge >= 0.3 is 12.4 Å². The van der Waals surface area contributed by atoms with E-state index in [0.29, 0.717) is 12.1 Å². The van der Waals surface area contributed by atoms with Crippen LogP contribution in [-0.2, 0) is 10.9 Å². The third-order valence-corrected chi connectivity index (χ3v) is 2.34. The van der Waals surface area contributed by atoms with Gasteiger partial charge in [-0.05, 0) is 12.1 Å². The Bertz CT molecular complexity index is 505. The number of halogens is 7. The molecule has 0 saturated heterocycles. The van der Waals surface area contributed by atoms with Gasteiger partial charge in [0.2, 0.25) is 0 Å². The molecule has 0 amide bonds. The number of hydrogen-bond acceptors (Lipinski definition) is 2. The van der Waals surface area contributed by atoms with Gasteiger partial charge in [0, 0.05) is 12.0 Å². The summed E-state index contributed by atoms with van der Waals surface area (Å²) in [6.45, 7) is -2.11. The second kappa shape index (κ2) is 6.42. The minimum atomic E-state index is -4.89. The summed E-state index contributed by atoms with van der Waals surface area (Å²) in [7, 11) is 0. The molecule has 0 aliphatic carbocycles. The van der Waals surface area contributed by atoms with Crippen molar-refractivity contribution in [2.75, 3.05) is 13.2 Å². The zero-order valence-corrected chi connectivity index (χ0v) is 10.3. The smallest absolute Gasteiger partial charge is 0.372 e. The van der Waals surface area contributed by atoms with Crippen LogP contribution in [0.3, 0.4) is 0 Å². The molecule has 0 fully saturated rings. The first-order valence-electron chi connectivity index (χ1n) is 5.55. The van der Waals surface area contributed by atoms with Crippen molar-refractivity contribution in [1.29, 1.82) is 0 Å². The van der Waals surface area contributed by atoms with Gasteiger partial charge in [-0.1, -0.05) is 6.07 Å². The van der Waals surface area contributed by atoms with Crippen LogP contribution >= 0.6 is 0 Å². The maximum Gasteiger partial charge on any atom is 0.419 e. The van der Waals surface area contributed by atoms with Crippen LogP contribution in [0.5, 0.6) is 0 Å². The van der Waals surface area contributed by atoms with Crippen LogP contribution in [0.1, 0.15) is 22.3 Å². The van der Waals surface area contributed by atoms with Crippen molar-refractivity contribution in [1.82, 2.24) is 0 Å². The van der Waals surface area contributed by atoms with Crippen molar-refractivity contribution in [3.63, 3.8) is 0 Å². The lowest BCUT2D eigenvalue weighted by Gasteiger charge is -2.09. The first-order valence-corrected chi connectivity index (χ1v) is 5.55. The Hall–Kier alpha value is -1.64. The maximum absolute atomic E-state index is 13.2. The number of rotatable bonds is 5. The lowest BCUT2D eigenvalue weighted by molar-refractivity contribution is -0.173. The fourth-order valence-electron chi connectivity index (χ4n) is 1.42. The molecule has 0 heterocycles. The van der Waals surface area contributed by atoms with Crippen LogP contribution in [0.25, 0.3) is 0 Å². The summed E-state index contributed by atoms with van der Waals surface area (Å²) < 4.78 is 89.5. The van der Waals surface area contributed by atoms with Crippen molar-refractivity contribution < 1.29 is 40.3 Å². The van der Waals surface area contributed by atoms with Crippen LogP contribution in [0, 0.1) is 5.82 Å². The Balaban J connectivity index is 2.62. The molecule has 2 nitrogen and oxygen atoms in total. The van der Waals surface area contributed by atoms with Crippen LogP contribution in [0.15, 0.2) is 18.2 Å². The minimum Gasteiger partial charge on any atom is -0.372 e. The lowest BCUT2D eigenvalue weighted by atomic mass is 10.1. The highest BCUT2D eigenvalue weighted by molar-refractivity contribution is 5.96. The highest BCUT2D eigenvalue weighted by atomic mass is 19.4. The molecule has 1 aromatic rings. The first-order chi connectivity index (χ1) is 9.50. The van der Waals surface area contributed by atoms with Gasteiger partial charge in [0.15, 0.2) is 5.78 Å². The van der Waals surface area contributed by atoms with Gasteiger partial charge in [0.1, 0.15) is 12.4 Å². The molecule has 0 aliphatic heterocycles. The molecule has 0 N–H and O–H groups in total. The topological polar surface area (TPSA) is 26.3 Å². The van der Waals surface area contributed by atoms with E-state index in [4.69, 9.17) is 0 Å². The summed E-state index contributed by atoms with van der Waals surface area (Å²) in [5, 5.41) is 0. The van der Waals surface area contributed by atoms with Crippen LogP contribution in [-0.4, -0.2) is 25.2 Å². The molecule has 1 rings (SSSR count). The molecule has 0 saturated carbocycles. The van der Waals surface area contributed by atoms with Crippen molar-refractivity contribution in [2.24, 2.45) is 0 Å². The second-order valence-electron chi connectivity index (χ2n) is 4.03. The zero-order valence-electron chi connectivity index (χ0n) is 10.3. The molecule has 0 aromatic heterocycles. The molecule has 0 radical (unpaired) electrons. The molecule has 0 spiro atoms. The maximum atomic E-state index is 13.2. The van der Waals surface area contributed by atoms with E-state index in [1.54, 1.807) is 0 Å². The van der Waals surface area contributed by atoms with E-state index >= 15 is 0 Å². The largest absolute Gasteiger partial charge is 0.419 e. The molecular weight excluding hydrogens is 309 g/mol. The van der Waals surface area contributed by atoms with Gasteiger partial charge in [0.25, 0.3) is 0 Å². The minimum absolute atomic E-state index is 0.365. The van der Waals surface area contributed by atoms with Crippen molar-refractivity contribution >= 4 is 5.78 Å². The fraction of sp³-hybridized carbons (Fsp3) is 0.417. The molecule has 1 aromatic carbocycles. The summed E-state index contributed by atoms with van der Waals surface area (Å²) in [4.78, 5) is 11.5. The Kier molecular flexibility index (Phi) is 5.32. The van der Waals surface area contributed by atoms with Crippen molar-refractivity contribution in [3.8, 4) is 0 Å². The van der Waals surface area contributed by atoms with Crippen molar-refractivity contribution in [2.45, 2.75) is 18.8 Å². The van der Waals surface area contributed by atoms with E-state index in [1.807, 2.05) is 0 Å². The van der Waals surface area contributed by atoms with E-state index in [2.05, 4.69) is 4.74 Å². The molecular formula is C12H9F7O2. The molecule has 9 heteroatoms. The number of ketones is 1. The van der Waals surface area contributed by atoms with E-state index in [0.717, 1.165) is 6.07 Å². The second-order valence-corrected chi connectivity index (χ2v) is 4.03. The predicted molar refractivity (Wildman–Crippen MR) is 57.2 cm³/mol. The number of benzene rings is 1. The molecule has 0 atom stereocenters. The number of carbonyl (C=O) groups excluding carboxylic acids is 1. The van der Waals surface area contributed by atoms with E-state index < -0.39 is 49.2 Å². The van der Waals surface area contributed by atoms with E-state index in [-0.39, 0.29) is 5.56 Å². The standard InChI is InChI=1S/C12H9F7O2/c13-9-5-7(1-2-8(9)12(17,18)19)10(20)3-4-21-6-11(14,15)16/h1-2,5H,3-4,6H2. The molecule has 21 heavy (non-hydrogen) atoms. The molecule has 118 valence electrons.